The van der Waals surface area contributed by atoms with Crippen LogP contribution in [0.3, 0.4) is 0 Å². The van der Waals surface area contributed by atoms with Gasteiger partial charge in [-0.15, -0.1) is 0 Å². The molecule has 4 rings (SSSR count). The molecule has 1 heterocycles. The number of hydrogen-bond acceptors (Lipinski definition) is 5. The fraction of sp³-hybridized carbons (Fsp3) is 0.259. The molecule has 0 aromatic heterocycles. The van der Waals surface area contributed by atoms with Crippen LogP contribution in [0.1, 0.15) is 35.3 Å². The zero-order chi connectivity index (χ0) is 26.9. The van der Waals surface area contributed by atoms with Crippen LogP contribution in [0.25, 0.3) is 0 Å². The first-order valence-electron chi connectivity index (χ1n) is 11.3. The topological polar surface area (TPSA) is 94.1 Å². The van der Waals surface area contributed by atoms with E-state index in [4.69, 9.17) is 25.8 Å². The summed E-state index contributed by atoms with van der Waals surface area (Å²) in [6.07, 6.45) is -0.508. The van der Waals surface area contributed by atoms with Crippen molar-refractivity contribution in [2.24, 2.45) is 0 Å². The van der Waals surface area contributed by atoms with E-state index >= 15 is 4.39 Å². The number of carbonyl (C=O) groups is 2. The Balaban J connectivity index is 1.46. The lowest BCUT2D eigenvalue weighted by molar-refractivity contribution is -0.142. The Morgan fingerprint density at radius 1 is 1.14 bits per heavy atom. The van der Waals surface area contributed by atoms with E-state index in [1.807, 2.05) is 0 Å². The van der Waals surface area contributed by atoms with Gasteiger partial charge in [-0.1, -0.05) is 11.6 Å². The molecule has 3 aromatic rings. The van der Waals surface area contributed by atoms with Gasteiger partial charge >= 0.3 is 5.97 Å². The van der Waals surface area contributed by atoms with E-state index in [0.717, 1.165) is 12.1 Å². The van der Waals surface area contributed by atoms with E-state index in [1.165, 1.54) is 39.0 Å². The summed E-state index contributed by atoms with van der Waals surface area (Å²) in [5.74, 6) is -2.36. The fourth-order valence-electron chi connectivity index (χ4n) is 3.72. The molecular weight excluding hydrogens is 508 g/mol. The molecular formula is C27H24ClF2NO6. The van der Waals surface area contributed by atoms with Gasteiger partial charge in [-0.2, -0.15) is 0 Å². The molecule has 1 amide bonds. The third-order valence-corrected chi connectivity index (χ3v) is 6.29. The summed E-state index contributed by atoms with van der Waals surface area (Å²) in [6.45, 7) is 4.45. The van der Waals surface area contributed by atoms with Crippen molar-refractivity contribution in [1.29, 1.82) is 0 Å². The third-order valence-electron chi connectivity index (χ3n) is 6.06. The number of aliphatic carboxylic acids is 1. The molecule has 3 aromatic carbocycles. The smallest absolute Gasteiger partial charge is 0.313 e. The second-order valence-corrected chi connectivity index (χ2v) is 9.55. The second-order valence-electron chi connectivity index (χ2n) is 9.12. The first kappa shape index (κ1) is 26.2. The van der Waals surface area contributed by atoms with Crippen LogP contribution in [0.5, 0.6) is 17.2 Å². The minimum Gasteiger partial charge on any atom is -0.486 e. The van der Waals surface area contributed by atoms with Gasteiger partial charge in [0.15, 0.2) is 29.2 Å². The monoisotopic (exact) mass is 531 g/mol. The number of hydrogen-bond donors (Lipinski definition) is 2. The average molecular weight is 532 g/mol. The van der Waals surface area contributed by atoms with Crippen molar-refractivity contribution in [2.45, 2.75) is 32.3 Å². The van der Waals surface area contributed by atoms with Gasteiger partial charge in [0.1, 0.15) is 19.0 Å². The molecule has 0 unspecified atom stereocenters. The van der Waals surface area contributed by atoms with Crippen LogP contribution in [0.2, 0.25) is 5.02 Å². The molecule has 0 bridgehead atoms. The van der Waals surface area contributed by atoms with Gasteiger partial charge in [0, 0.05) is 27.9 Å². The summed E-state index contributed by atoms with van der Waals surface area (Å²) >= 11 is 5.98. The van der Waals surface area contributed by atoms with Crippen molar-refractivity contribution >= 4 is 29.2 Å². The van der Waals surface area contributed by atoms with E-state index in [2.05, 4.69) is 5.32 Å². The standard InChI is InChI=1S/C27H24ClF2NO6/c1-14-20(25(32)31-18-9-15(8-17(29)11-18)27(2,3)26(33)34)5-7-22(24(14)30)36-13-19-12-35-21-6-4-16(28)10-23(21)37-19/h4-11,19H,12-13H2,1-3H3,(H,31,32)(H,33,34)/t19-/m0/s1. The lowest BCUT2D eigenvalue weighted by Crippen LogP contribution is -2.34. The highest BCUT2D eigenvalue weighted by Gasteiger charge is 2.30. The van der Waals surface area contributed by atoms with Gasteiger partial charge in [0.25, 0.3) is 5.91 Å². The number of rotatable bonds is 7. The molecule has 7 nitrogen and oxygen atoms in total. The number of amides is 1. The summed E-state index contributed by atoms with van der Waals surface area (Å²) in [7, 11) is 0. The van der Waals surface area contributed by atoms with Crippen molar-refractivity contribution in [3.8, 4) is 17.2 Å². The van der Waals surface area contributed by atoms with E-state index in [1.54, 1.807) is 18.2 Å². The Hall–Kier alpha value is -3.85. The maximum Gasteiger partial charge on any atom is 0.313 e. The summed E-state index contributed by atoms with van der Waals surface area (Å²) < 4.78 is 46.2. The predicted octanol–water partition coefficient (Wildman–Crippen LogP) is 5.76. The van der Waals surface area contributed by atoms with Gasteiger partial charge in [0.2, 0.25) is 0 Å². The Morgan fingerprint density at radius 3 is 2.62 bits per heavy atom. The Bertz CT molecular complexity index is 1380. The zero-order valence-electron chi connectivity index (χ0n) is 20.2. The highest BCUT2D eigenvalue weighted by molar-refractivity contribution is 6.30. The number of carboxylic acid groups (broad SMARTS) is 1. The number of anilines is 1. The van der Waals surface area contributed by atoms with Gasteiger partial charge in [0.05, 0.1) is 5.41 Å². The minimum atomic E-state index is -1.38. The third kappa shape index (κ3) is 5.61. The van der Waals surface area contributed by atoms with Crippen LogP contribution in [-0.4, -0.2) is 36.3 Å². The summed E-state index contributed by atoms with van der Waals surface area (Å²) in [5, 5.41) is 12.4. The normalized spacial score (nSPS) is 14.7. The van der Waals surface area contributed by atoms with Crippen LogP contribution in [0.15, 0.2) is 48.5 Å². The van der Waals surface area contributed by atoms with Crippen LogP contribution >= 0.6 is 11.6 Å². The molecule has 2 N–H and O–H groups in total. The number of carboxylic acids is 1. The van der Waals surface area contributed by atoms with Crippen LogP contribution in [-0.2, 0) is 10.2 Å². The van der Waals surface area contributed by atoms with Gasteiger partial charge in [-0.25, -0.2) is 8.78 Å². The largest absolute Gasteiger partial charge is 0.486 e. The molecule has 0 saturated carbocycles. The lowest BCUT2D eigenvalue weighted by Gasteiger charge is -2.26. The van der Waals surface area contributed by atoms with Crippen molar-refractivity contribution in [3.05, 3.63) is 81.9 Å². The van der Waals surface area contributed by atoms with Crippen molar-refractivity contribution < 1.29 is 37.7 Å². The molecule has 0 spiro atoms. The number of halogens is 3. The maximum atomic E-state index is 15.1. The minimum absolute atomic E-state index is 0.00831. The molecule has 1 aliphatic rings. The molecule has 10 heteroatoms. The van der Waals surface area contributed by atoms with Gasteiger partial charge in [-0.05, 0) is 68.8 Å². The number of ether oxygens (including phenoxy) is 3. The predicted molar refractivity (Wildman–Crippen MR) is 133 cm³/mol. The quantitative estimate of drug-likeness (QED) is 0.402. The molecule has 0 radical (unpaired) electrons. The van der Waals surface area contributed by atoms with Crippen molar-refractivity contribution in [2.75, 3.05) is 18.5 Å². The van der Waals surface area contributed by atoms with Crippen LogP contribution in [0.4, 0.5) is 14.5 Å². The fourth-order valence-corrected chi connectivity index (χ4v) is 3.88. The van der Waals surface area contributed by atoms with E-state index in [0.29, 0.717) is 16.5 Å². The van der Waals surface area contributed by atoms with E-state index in [-0.39, 0.29) is 41.3 Å². The summed E-state index contributed by atoms with van der Waals surface area (Å²) in [4.78, 5) is 24.4. The Kier molecular flexibility index (Phi) is 7.27. The van der Waals surface area contributed by atoms with Crippen LogP contribution in [0, 0.1) is 18.6 Å². The summed E-state index contributed by atoms with van der Waals surface area (Å²) in [6, 6.07) is 11.2. The first-order valence-corrected chi connectivity index (χ1v) is 11.7. The van der Waals surface area contributed by atoms with E-state index in [9.17, 15) is 19.1 Å². The molecule has 37 heavy (non-hydrogen) atoms. The van der Waals surface area contributed by atoms with Crippen molar-refractivity contribution in [1.82, 2.24) is 0 Å². The highest BCUT2D eigenvalue weighted by atomic mass is 35.5. The molecule has 0 aliphatic carbocycles. The molecule has 1 aliphatic heterocycles. The number of fused-ring (bicyclic) bond motifs is 1. The van der Waals surface area contributed by atoms with Gasteiger partial charge < -0.3 is 24.6 Å². The van der Waals surface area contributed by atoms with Gasteiger partial charge in [-0.3, -0.25) is 9.59 Å². The number of nitrogens with one attached hydrogen (secondary N) is 1. The number of carbonyl (C=O) groups excluding carboxylic acids is 1. The number of benzene rings is 3. The average Bonchev–Trinajstić information content (AvgIpc) is 2.84. The molecule has 0 saturated heterocycles. The van der Waals surface area contributed by atoms with Crippen molar-refractivity contribution in [3.63, 3.8) is 0 Å². The van der Waals surface area contributed by atoms with Crippen LogP contribution < -0.4 is 19.5 Å². The Morgan fingerprint density at radius 2 is 1.89 bits per heavy atom. The lowest BCUT2D eigenvalue weighted by atomic mass is 9.84. The molecule has 0 fully saturated rings. The second kappa shape index (κ2) is 10.3. The first-order chi connectivity index (χ1) is 17.5. The molecule has 194 valence electrons. The maximum absolute atomic E-state index is 15.1. The zero-order valence-corrected chi connectivity index (χ0v) is 21.0. The SMILES string of the molecule is Cc1c(C(=O)Nc2cc(F)cc(C(C)(C)C(=O)O)c2)ccc(OC[C@@H]2COc3ccc(Cl)cc3O2)c1F. The highest BCUT2D eigenvalue weighted by Crippen LogP contribution is 2.34. The van der Waals surface area contributed by atoms with E-state index < -0.39 is 35.0 Å². The molecule has 1 atom stereocenters. The Labute approximate surface area is 216 Å². The summed E-state index contributed by atoms with van der Waals surface area (Å²) in [5.41, 5.74) is -1.14.